The van der Waals surface area contributed by atoms with Gasteiger partial charge in [-0.2, -0.15) is 0 Å². The lowest BCUT2D eigenvalue weighted by Gasteiger charge is -2.12. The number of rotatable bonds is 6. The average Bonchev–Trinajstić information content (AvgIpc) is 3.09. The van der Waals surface area contributed by atoms with Crippen LogP contribution in [0, 0.1) is 6.92 Å². The Kier molecular flexibility index (Phi) is 5.69. The molecule has 4 aromatic rings. The van der Waals surface area contributed by atoms with Crippen LogP contribution in [-0.4, -0.2) is 20.5 Å². The first-order valence-electron chi connectivity index (χ1n) is 10.5. The molecule has 32 heavy (non-hydrogen) atoms. The molecule has 0 bridgehead atoms. The molecule has 0 spiro atoms. The maximum Gasteiger partial charge on any atom is 0.342 e. The van der Waals surface area contributed by atoms with Crippen LogP contribution in [0.15, 0.2) is 63.9 Å². The standard InChI is InChI=1S/C25H25NO5S/c1-5-17-10-12-18(13-11-17)32(28,29)26-22-14-21-23(25(27)30-15(2)3)16(4)31-24(21)20-9-7-6-8-19(20)22/h6-15,26H,5H2,1-4H3. The van der Waals surface area contributed by atoms with E-state index >= 15 is 0 Å². The highest BCUT2D eigenvalue weighted by Crippen LogP contribution is 2.37. The van der Waals surface area contributed by atoms with Gasteiger partial charge >= 0.3 is 5.97 Å². The van der Waals surface area contributed by atoms with Crippen LogP contribution < -0.4 is 4.72 Å². The van der Waals surface area contributed by atoms with Crippen molar-refractivity contribution in [2.75, 3.05) is 4.72 Å². The van der Waals surface area contributed by atoms with Crippen molar-refractivity contribution in [2.45, 2.75) is 45.1 Å². The minimum absolute atomic E-state index is 0.168. The van der Waals surface area contributed by atoms with Crippen LogP contribution in [0.4, 0.5) is 5.69 Å². The zero-order valence-corrected chi connectivity index (χ0v) is 19.2. The van der Waals surface area contributed by atoms with Crippen LogP contribution in [-0.2, 0) is 21.2 Å². The van der Waals surface area contributed by atoms with E-state index in [4.69, 9.17) is 9.15 Å². The van der Waals surface area contributed by atoms with Crippen LogP contribution in [0.3, 0.4) is 0 Å². The van der Waals surface area contributed by atoms with Crippen LogP contribution in [0.25, 0.3) is 21.7 Å². The molecule has 1 N–H and O–H groups in total. The van der Waals surface area contributed by atoms with Crippen molar-refractivity contribution in [3.63, 3.8) is 0 Å². The lowest BCUT2D eigenvalue weighted by atomic mass is 10.0. The first kappa shape index (κ1) is 21.9. The fourth-order valence-corrected chi connectivity index (χ4v) is 4.83. The summed E-state index contributed by atoms with van der Waals surface area (Å²) in [4.78, 5) is 12.9. The summed E-state index contributed by atoms with van der Waals surface area (Å²) in [5.41, 5.74) is 2.24. The summed E-state index contributed by atoms with van der Waals surface area (Å²) < 4.78 is 40.3. The first-order valence-corrected chi connectivity index (χ1v) is 12.0. The van der Waals surface area contributed by atoms with Crippen molar-refractivity contribution in [1.29, 1.82) is 0 Å². The normalized spacial score (nSPS) is 11.9. The molecular weight excluding hydrogens is 426 g/mol. The number of carbonyl (C=O) groups excluding carboxylic acids is 1. The van der Waals surface area contributed by atoms with E-state index in [2.05, 4.69) is 4.72 Å². The molecule has 4 rings (SSSR count). The van der Waals surface area contributed by atoms with E-state index in [-0.39, 0.29) is 11.0 Å². The van der Waals surface area contributed by atoms with Crippen molar-refractivity contribution in [1.82, 2.24) is 0 Å². The van der Waals surface area contributed by atoms with Gasteiger partial charge in [0.05, 0.1) is 16.7 Å². The minimum Gasteiger partial charge on any atom is -0.460 e. The number of fused-ring (bicyclic) bond motifs is 3. The molecule has 6 nitrogen and oxygen atoms in total. The quantitative estimate of drug-likeness (QED) is 0.373. The van der Waals surface area contributed by atoms with Crippen molar-refractivity contribution in [3.05, 3.63) is 71.5 Å². The summed E-state index contributed by atoms with van der Waals surface area (Å²) in [6.45, 7) is 7.26. The number of aryl methyl sites for hydroxylation is 2. The molecular formula is C25H25NO5S. The van der Waals surface area contributed by atoms with Gasteiger partial charge in [-0.3, -0.25) is 4.72 Å². The Morgan fingerprint density at radius 1 is 1.03 bits per heavy atom. The summed E-state index contributed by atoms with van der Waals surface area (Å²) in [5, 5.41) is 1.88. The molecule has 0 fully saturated rings. The van der Waals surface area contributed by atoms with Crippen LogP contribution >= 0.6 is 0 Å². The zero-order valence-electron chi connectivity index (χ0n) is 18.4. The molecule has 0 atom stereocenters. The Bertz CT molecular complexity index is 1420. The van der Waals surface area contributed by atoms with Crippen LogP contribution in [0.5, 0.6) is 0 Å². The van der Waals surface area contributed by atoms with Gasteiger partial charge in [0.25, 0.3) is 10.0 Å². The highest BCUT2D eigenvalue weighted by Gasteiger charge is 2.24. The van der Waals surface area contributed by atoms with E-state index in [9.17, 15) is 13.2 Å². The van der Waals surface area contributed by atoms with E-state index < -0.39 is 16.0 Å². The zero-order chi connectivity index (χ0) is 23.0. The molecule has 0 aliphatic heterocycles. The number of ether oxygens (including phenoxy) is 1. The summed E-state index contributed by atoms with van der Waals surface area (Å²) in [6, 6.07) is 15.8. The van der Waals surface area contributed by atoms with Crippen molar-refractivity contribution < 1.29 is 22.4 Å². The first-order chi connectivity index (χ1) is 15.2. The third-order valence-electron chi connectivity index (χ3n) is 5.30. The molecule has 1 aromatic heterocycles. The third kappa shape index (κ3) is 3.96. The summed E-state index contributed by atoms with van der Waals surface area (Å²) in [7, 11) is -3.84. The highest BCUT2D eigenvalue weighted by molar-refractivity contribution is 7.92. The monoisotopic (exact) mass is 451 g/mol. The Balaban J connectivity index is 1.89. The number of benzene rings is 3. The van der Waals surface area contributed by atoms with Crippen molar-refractivity contribution in [2.24, 2.45) is 0 Å². The van der Waals surface area contributed by atoms with Gasteiger partial charge in [-0.05, 0) is 51.0 Å². The summed E-state index contributed by atoms with van der Waals surface area (Å²) >= 11 is 0. The van der Waals surface area contributed by atoms with E-state index in [1.54, 1.807) is 51.1 Å². The van der Waals surface area contributed by atoms with E-state index in [0.717, 1.165) is 12.0 Å². The molecule has 7 heteroatoms. The number of hydrogen-bond acceptors (Lipinski definition) is 5. The maximum atomic E-state index is 13.1. The van der Waals surface area contributed by atoms with Gasteiger partial charge in [-0.1, -0.05) is 43.3 Å². The number of hydrogen-bond donors (Lipinski definition) is 1. The Morgan fingerprint density at radius 3 is 2.31 bits per heavy atom. The number of anilines is 1. The number of esters is 1. The average molecular weight is 452 g/mol. The fraction of sp³-hybridized carbons (Fsp3) is 0.240. The van der Waals surface area contributed by atoms with Gasteiger partial charge in [-0.15, -0.1) is 0 Å². The maximum absolute atomic E-state index is 13.1. The number of nitrogens with one attached hydrogen (secondary N) is 1. The van der Waals surface area contributed by atoms with Crippen LogP contribution in [0.1, 0.15) is 42.5 Å². The predicted molar refractivity (Wildman–Crippen MR) is 126 cm³/mol. The number of furan rings is 1. The lowest BCUT2D eigenvalue weighted by molar-refractivity contribution is 0.0378. The molecule has 0 amide bonds. The second kappa shape index (κ2) is 8.31. The van der Waals surface area contributed by atoms with Crippen LogP contribution in [0.2, 0.25) is 0 Å². The largest absolute Gasteiger partial charge is 0.460 e. The van der Waals surface area contributed by atoms with Gasteiger partial charge < -0.3 is 9.15 Å². The van der Waals surface area contributed by atoms with Gasteiger partial charge in [0.15, 0.2) is 0 Å². The highest BCUT2D eigenvalue weighted by atomic mass is 32.2. The van der Waals surface area contributed by atoms with Gasteiger partial charge in [-0.25, -0.2) is 13.2 Å². The van der Waals surface area contributed by atoms with E-state index in [1.807, 2.05) is 31.2 Å². The fourth-order valence-electron chi connectivity index (χ4n) is 3.76. The van der Waals surface area contributed by atoms with Gasteiger partial charge in [0, 0.05) is 16.2 Å². The van der Waals surface area contributed by atoms with Gasteiger partial charge in [0.1, 0.15) is 16.9 Å². The lowest BCUT2D eigenvalue weighted by Crippen LogP contribution is -2.14. The molecule has 0 aliphatic rings. The summed E-state index contributed by atoms with van der Waals surface area (Å²) in [6.07, 6.45) is 0.529. The molecule has 0 radical (unpaired) electrons. The second-order valence-electron chi connectivity index (χ2n) is 7.94. The second-order valence-corrected chi connectivity index (χ2v) is 9.62. The van der Waals surface area contributed by atoms with E-state index in [1.165, 1.54) is 0 Å². The number of carbonyl (C=O) groups is 1. The third-order valence-corrected chi connectivity index (χ3v) is 6.69. The van der Waals surface area contributed by atoms with Crippen molar-refractivity contribution in [3.8, 4) is 0 Å². The predicted octanol–water partition coefficient (Wildman–Crippen LogP) is 5.82. The molecule has 3 aromatic carbocycles. The molecule has 1 heterocycles. The van der Waals surface area contributed by atoms with E-state index in [0.29, 0.717) is 38.8 Å². The molecule has 0 unspecified atom stereocenters. The Morgan fingerprint density at radius 2 is 1.69 bits per heavy atom. The Labute approximate surface area is 187 Å². The SMILES string of the molecule is CCc1ccc(S(=O)(=O)Nc2cc3c(C(=O)OC(C)C)c(C)oc3c3ccccc23)cc1. The van der Waals surface area contributed by atoms with Gasteiger partial charge in [0.2, 0.25) is 0 Å². The molecule has 0 saturated carbocycles. The molecule has 0 aliphatic carbocycles. The smallest absolute Gasteiger partial charge is 0.342 e. The minimum atomic E-state index is -3.84. The Hall–Kier alpha value is -3.32. The molecule has 0 saturated heterocycles. The van der Waals surface area contributed by atoms with Crippen molar-refractivity contribution >= 4 is 43.4 Å². The topological polar surface area (TPSA) is 85.6 Å². The molecule has 166 valence electrons. The summed E-state index contributed by atoms with van der Waals surface area (Å²) in [5.74, 6) is -0.0820. The number of sulfonamides is 1.